The van der Waals surface area contributed by atoms with E-state index in [9.17, 15) is 4.79 Å². The highest BCUT2D eigenvalue weighted by Crippen LogP contribution is 2.21. The Labute approximate surface area is 119 Å². The number of para-hydroxylation sites is 1. The number of nitrogens with one attached hydrogen (secondary N) is 2. The second-order valence-electron chi connectivity index (χ2n) is 4.96. The Hall–Kier alpha value is -1.00. The molecule has 1 amide bonds. The van der Waals surface area contributed by atoms with E-state index in [1.165, 1.54) is 5.56 Å². The molecule has 0 fully saturated rings. The van der Waals surface area contributed by atoms with Gasteiger partial charge in [0.05, 0.1) is 6.04 Å². The lowest BCUT2D eigenvalue weighted by Gasteiger charge is -2.20. The van der Waals surface area contributed by atoms with E-state index in [1.54, 1.807) is 0 Å². The number of carbonyl (C=O) groups is 1. The van der Waals surface area contributed by atoms with E-state index in [0.29, 0.717) is 6.04 Å². The van der Waals surface area contributed by atoms with Crippen LogP contribution < -0.4 is 10.6 Å². The molecular formula is C15H22N2OS. The minimum atomic E-state index is -0.0835. The third kappa shape index (κ3) is 3.98. The van der Waals surface area contributed by atoms with Crippen molar-refractivity contribution >= 4 is 23.4 Å². The van der Waals surface area contributed by atoms with E-state index < -0.39 is 0 Å². The fourth-order valence-corrected chi connectivity index (χ4v) is 3.04. The number of fused-ring (bicyclic) bond motifs is 1. The first-order chi connectivity index (χ1) is 9.20. The van der Waals surface area contributed by atoms with Crippen molar-refractivity contribution in [3.05, 3.63) is 29.8 Å². The molecule has 4 heteroatoms. The summed E-state index contributed by atoms with van der Waals surface area (Å²) >= 11 is 1.90. The molecule has 1 heterocycles. The zero-order chi connectivity index (χ0) is 13.7. The van der Waals surface area contributed by atoms with Crippen LogP contribution in [0, 0.1) is 0 Å². The Morgan fingerprint density at radius 3 is 3.05 bits per heavy atom. The van der Waals surface area contributed by atoms with Gasteiger partial charge in [-0.2, -0.15) is 11.8 Å². The highest BCUT2D eigenvalue weighted by atomic mass is 32.2. The number of carbonyl (C=O) groups excluding carboxylic acids is 1. The van der Waals surface area contributed by atoms with Gasteiger partial charge in [-0.3, -0.25) is 4.79 Å². The van der Waals surface area contributed by atoms with Crippen molar-refractivity contribution in [2.75, 3.05) is 16.8 Å². The van der Waals surface area contributed by atoms with Crippen LogP contribution in [0.5, 0.6) is 0 Å². The minimum absolute atomic E-state index is 0.0835. The van der Waals surface area contributed by atoms with Crippen LogP contribution in [0.1, 0.15) is 25.8 Å². The van der Waals surface area contributed by atoms with Gasteiger partial charge in [0, 0.05) is 17.5 Å². The fraction of sp³-hybridized carbons (Fsp3) is 0.533. The number of benzene rings is 1. The Balaban J connectivity index is 1.96. The van der Waals surface area contributed by atoms with Crippen molar-refractivity contribution in [1.82, 2.24) is 5.32 Å². The number of aryl methyl sites for hydroxylation is 1. The van der Waals surface area contributed by atoms with E-state index >= 15 is 0 Å². The van der Waals surface area contributed by atoms with Crippen LogP contribution in [0.2, 0.25) is 0 Å². The molecule has 3 nitrogen and oxygen atoms in total. The van der Waals surface area contributed by atoms with Crippen molar-refractivity contribution < 1.29 is 4.79 Å². The van der Waals surface area contributed by atoms with Crippen molar-refractivity contribution in [2.24, 2.45) is 0 Å². The summed E-state index contributed by atoms with van der Waals surface area (Å²) in [6.07, 6.45) is 1.81. The summed E-state index contributed by atoms with van der Waals surface area (Å²) < 4.78 is 0. The van der Waals surface area contributed by atoms with Gasteiger partial charge in [0.1, 0.15) is 0 Å². The summed E-state index contributed by atoms with van der Waals surface area (Å²) in [7, 11) is 0. The van der Waals surface area contributed by atoms with E-state index in [4.69, 9.17) is 0 Å². The molecule has 2 N–H and O–H groups in total. The molecule has 2 unspecified atom stereocenters. The van der Waals surface area contributed by atoms with Crippen molar-refractivity contribution in [3.8, 4) is 0 Å². The molecule has 0 spiro atoms. The summed E-state index contributed by atoms with van der Waals surface area (Å²) in [5.74, 6) is 2.26. The normalized spacial score (nSPS) is 20.3. The number of anilines is 1. The second-order valence-corrected chi connectivity index (χ2v) is 6.28. The Bertz CT molecular complexity index is 436. The van der Waals surface area contributed by atoms with E-state index in [2.05, 4.69) is 30.5 Å². The molecule has 104 valence electrons. The van der Waals surface area contributed by atoms with Crippen molar-refractivity contribution in [2.45, 2.75) is 38.8 Å². The van der Waals surface area contributed by atoms with Gasteiger partial charge in [0.15, 0.2) is 0 Å². The highest BCUT2D eigenvalue weighted by Gasteiger charge is 2.24. The van der Waals surface area contributed by atoms with Crippen LogP contribution in [0.3, 0.4) is 0 Å². The number of thioether (sulfide) groups is 1. The lowest BCUT2D eigenvalue weighted by atomic mass is 10.1. The molecule has 0 saturated carbocycles. The standard InChI is InChI=1S/C15H22N2OS/c1-3-19-10-11(2)16-14-9-8-12-6-4-5-7-13(12)17-15(14)18/h4-7,11,14,16H,3,8-10H2,1-2H3,(H,17,18). The first-order valence-electron chi connectivity index (χ1n) is 6.93. The first-order valence-corrected chi connectivity index (χ1v) is 8.08. The molecule has 1 aromatic rings. The lowest BCUT2D eigenvalue weighted by molar-refractivity contribution is -0.118. The maximum atomic E-state index is 12.2. The average Bonchev–Trinajstić information content (AvgIpc) is 2.56. The lowest BCUT2D eigenvalue weighted by Crippen LogP contribution is -2.45. The number of rotatable bonds is 5. The molecule has 0 aromatic heterocycles. The van der Waals surface area contributed by atoms with Gasteiger partial charge in [-0.05, 0) is 37.1 Å². The third-order valence-electron chi connectivity index (χ3n) is 3.35. The predicted molar refractivity (Wildman–Crippen MR) is 82.8 cm³/mol. The summed E-state index contributed by atoms with van der Waals surface area (Å²) in [5.41, 5.74) is 2.20. The van der Waals surface area contributed by atoms with Crippen LogP contribution >= 0.6 is 11.8 Å². The zero-order valence-electron chi connectivity index (χ0n) is 11.6. The topological polar surface area (TPSA) is 41.1 Å². The monoisotopic (exact) mass is 278 g/mol. The Morgan fingerprint density at radius 1 is 1.47 bits per heavy atom. The number of hydrogen-bond acceptors (Lipinski definition) is 3. The van der Waals surface area contributed by atoms with Gasteiger partial charge >= 0.3 is 0 Å². The molecule has 2 atom stereocenters. The van der Waals surface area contributed by atoms with Gasteiger partial charge in [0.25, 0.3) is 0 Å². The molecular weight excluding hydrogens is 256 g/mol. The molecule has 0 bridgehead atoms. The van der Waals surface area contributed by atoms with E-state index in [0.717, 1.165) is 30.0 Å². The summed E-state index contributed by atoms with van der Waals surface area (Å²) in [4.78, 5) is 12.2. The largest absolute Gasteiger partial charge is 0.324 e. The molecule has 0 saturated heterocycles. The van der Waals surface area contributed by atoms with Crippen LogP contribution in [-0.2, 0) is 11.2 Å². The van der Waals surface area contributed by atoms with Crippen molar-refractivity contribution in [3.63, 3.8) is 0 Å². The van der Waals surface area contributed by atoms with E-state index in [1.807, 2.05) is 30.0 Å². The summed E-state index contributed by atoms with van der Waals surface area (Å²) in [6.45, 7) is 4.31. The maximum absolute atomic E-state index is 12.2. The molecule has 0 radical (unpaired) electrons. The number of hydrogen-bond donors (Lipinski definition) is 2. The zero-order valence-corrected chi connectivity index (χ0v) is 12.4. The Kier molecular flexibility index (Phi) is 5.28. The first kappa shape index (κ1) is 14.4. The minimum Gasteiger partial charge on any atom is -0.324 e. The van der Waals surface area contributed by atoms with Gasteiger partial charge < -0.3 is 10.6 Å². The smallest absolute Gasteiger partial charge is 0.241 e. The highest BCUT2D eigenvalue weighted by molar-refractivity contribution is 7.99. The molecule has 2 rings (SSSR count). The van der Waals surface area contributed by atoms with E-state index in [-0.39, 0.29) is 11.9 Å². The average molecular weight is 278 g/mol. The quantitative estimate of drug-likeness (QED) is 0.870. The van der Waals surface area contributed by atoms with Crippen LogP contribution in [0.25, 0.3) is 0 Å². The molecule has 19 heavy (non-hydrogen) atoms. The fourth-order valence-electron chi connectivity index (χ4n) is 2.36. The summed E-state index contributed by atoms with van der Waals surface area (Å²) in [5, 5.41) is 6.47. The van der Waals surface area contributed by atoms with Gasteiger partial charge in [-0.25, -0.2) is 0 Å². The van der Waals surface area contributed by atoms with Crippen LogP contribution in [0.4, 0.5) is 5.69 Å². The predicted octanol–water partition coefficient (Wildman–Crippen LogP) is 2.67. The molecule has 1 aliphatic rings. The maximum Gasteiger partial charge on any atom is 0.241 e. The van der Waals surface area contributed by atoms with Gasteiger partial charge in [0.2, 0.25) is 5.91 Å². The van der Waals surface area contributed by atoms with Gasteiger partial charge in [-0.15, -0.1) is 0 Å². The molecule has 0 aliphatic carbocycles. The SMILES string of the molecule is CCSCC(C)NC1CCc2ccccc2NC1=O. The number of amides is 1. The summed E-state index contributed by atoms with van der Waals surface area (Å²) in [6, 6.07) is 8.34. The van der Waals surface area contributed by atoms with Crippen LogP contribution in [0.15, 0.2) is 24.3 Å². The van der Waals surface area contributed by atoms with Crippen LogP contribution in [-0.4, -0.2) is 29.5 Å². The molecule has 1 aliphatic heterocycles. The van der Waals surface area contributed by atoms with Gasteiger partial charge in [-0.1, -0.05) is 25.1 Å². The third-order valence-corrected chi connectivity index (χ3v) is 4.50. The Morgan fingerprint density at radius 2 is 2.26 bits per heavy atom. The second kappa shape index (κ2) is 6.96. The molecule has 1 aromatic carbocycles. The van der Waals surface area contributed by atoms with Crippen molar-refractivity contribution in [1.29, 1.82) is 0 Å².